The van der Waals surface area contributed by atoms with E-state index in [0.717, 1.165) is 12.0 Å². The number of halogens is 1. The number of hydrogen-bond acceptors (Lipinski definition) is 2. The Kier molecular flexibility index (Phi) is 3.60. The fraction of sp³-hybridized carbons (Fsp3) is 0.385. The molecule has 0 aliphatic heterocycles. The minimum absolute atomic E-state index is 0.00750. The lowest BCUT2D eigenvalue weighted by molar-refractivity contribution is -0.138. The molecule has 96 valence electrons. The highest BCUT2D eigenvalue weighted by atomic mass is 19.1. The fourth-order valence-electron chi connectivity index (χ4n) is 1.96. The molecule has 0 aromatic heterocycles. The van der Waals surface area contributed by atoms with E-state index in [4.69, 9.17) is 5.11 Å². The van der Waals surface area contributed by atoms with Crippen LogP contribution in [0.2, 0.25) is 0 Å². The number of carboxylic acids is 1. The molecule has 1 aliphatic rings. The number of rotatable bonds is 5. The van der Waals surface area contributed by atoms with Crippen molar-refractivity contribution in [2.24, 2.45) is 0 Å². The lowest BCUT2D eigenvalue weighted by Crippen LogP contribution is -2.26. The molecule has 1 fully saturated rings. The zero-order valence-electron chi connectivity index (χ0n) is 9.73. The topological polar surface area (TPSA) is 66.4 Å². The van der Waals surface area contributed by atoms with Crippen LogP contribution >= 0.6 is 0 Å². The van der Waals surface area contributed by atoms with Crippen molar-refractivity contribution in [3.8, 4) is 0 Å². The van der Waals surface area contributed by atoms with Gasteiger partial charge < -0.3 is 10.4 Å². The monoisotopic (exact) mass is 251 g/mol. The van der Waals surface area contributed by atoms with Crippen LogP contribution in [0.4, 0.5) is 4.39 Å². The maximum atomic E-state index is 13.0. The van der Waals surface area contributed by atoms with Crippen LogP contribution in [0, 0.1) is 5.82 Å². The number of carbonyl (C=O) groups is 2. The second kappa shape index (κ2) is 5.16. The number of carbonyl (C=O) groups excluding carboxylic acids is 1. The van der Waals surface area contributed by atoms with E-state index < -0.39 is 5.97 Å². The molecule has 0 radical (unpaired) electrons. The maximum Gasteiger partial charge on any atom is 0.303 e. The van der Waals surface area contributed by atoms with E-state index in [9.17, 15) is 14.0 Å². The molecule has 2 atom stereocenters. The van der Waals surface area contributed by atoms with Gasteiger partial charge in [0.15, 0.2) is 0 Å². The number of carboxylic acid groups (broad SMARTS) is 1. The van der Waals surface area contributed by atoms with Gasteiger partial charge >= 0.3 is 5.97 Å². The normalized spacial score (nSPS) is 21.4. The fourth-order valence-corrected chi connectivity index (χ4v) is 1.96. The van der Waals surface area contributed by atoms with Crippen LogP contribution in [-0.2, 0) is 9.59 Å². The first-order chi connectivity index (χ1) is 8.56. The Morgan fingerprint density at radius 2 is 2.17 bits per heavy atom. The van der Waals surface area contributed by atoms with Crippen molar-refractivity contribution in [3.05, 3.63) is 35.6 Å². The first kappa shape index (κ1) is 12.5. The summed E-state index contributed by atoms with van der Waals surface area (Å²) < 4.78 is 13.0. The highest BCUT2D eigenvalue weighted by molar-refractivity contribution is 5.81. The molecule has 18 heavy (non-hydrogen) atoms. The molecule has 1 aromatic carbocycles. The molecule has 1 aliphatic carbocycles. The Morgan fingerprint density at radius 3 is 2.83 bits per heavy atom. The molecular formula is C13H14FNO3. The summed E-state index contributed by atoms with van der Waals surface area (Å²) in [4.78, 5) is 21.7. The lowest BCUT2D eigenvalue weighted by atomic mass is 10.1. The number of nitrogens with one attached hydrogen (secondary N) is 1. The average Bonchev–Trinajstić information content (AvgIpc) is 3.06. The summed E-state index contributed by atoms with van der Waals surface area (Å²) in [6, 6.07) is 6.33. The number of hydrogen-bond donors (Lipinski definition) is 2. The van der Waals surface area contributed by atoms with Crippen LogP contribution in [0.3, 0.4) is 0 Å². The van der Waals surface area contributed by atoms with Gasteiger partial charge in [-0.25, -0.2) is 4.39 Å². The van der Waals surface area contributed by atoms with E-state index in [1.54, 1.807) is 6.07 Å². The largest absolute Gasteiger partial charge is 0.481 e. The Bertz CT molecular complexity index is 475. The molecule has 5 heteroatoms. The van der Waals surface area contributed by atoms with E-state index in [1.807, 2.05) is 6.07 Å². The van der Waals surface area contributed by atoms with Gasteiger partial charge in [-0.1, -0.05) is 12.1 Å². The first-order valence-electron chi connectivity index (χ1n) is 5.83. The van der Waals surface area contributed by atoms with Crippen LogP contribution in [0.5, 0.6) is 0 Å². The summed E-state index contributed by atoms with van der Waals surface area (Å²) in [6.45, 7) is 0. The summed E-state index contributed by atoms with van der Waals surface area (Å²) in [7, 11) is 0. The van der Waals surface area contributed by atoms with E-state index in [0.29, 0.717) is 0 Å². The van der Waals surface area contributed by atoms with Crippen LogP contribution < -0.4 is 5.32 Å². The molecule has 2 rings (SSSR count). The molecular weight excluding hydrogens is 237 g/mol. The van der Waals surface area contributed by atoms with Crippen LogP contribution in [0.1, 0.15) is 30.7 Å². The Morgan fingerprint density at radius 1 is 1.39 bits per heavy atom. The van der Waals surface area contributed by atoms with E-state index in [2.05, 4.69) is 5.32 Å². The van der Waals surface area contributed by atoms with Crippen molar-refractivity contribution in [2.75, 3.05) is 0 Å². The van der Waals surface area contributed by atoms with Crippen molar-refractivity contribution in [1.29, 1.82) is 0 Å². The third-order valence-corrected chi connectivity index (χ3v) is 2.98. The Labute approximate surface area is 104 Å². The molecule has 2 N–H and O–H groups in total. The summed E-state index contributed by atoms with van der Waals surface area (Å²) in [5.41, 5.74) is 0.874. The van der Waals surface area contributed by atoms with Crippen LogP contribution in [0.15, 0.2) is 24.3 Å². The standard InChI is InChI=1S/C13H14FNO3/c14-9-3-1-2-8(6-9)10-7-11(10)15-12(16)4-5-13(17)18/h1-3,6,10-11H,4-5,7H2,(H,15,16)(H,17,18)/t10-,11+/m0/s1. The summed E-state index contributed by atoms with van der Waals surface area (Å²) >= 11 is 0. The van der Waals surface area contributed by atoms with E-state index in [-0.39, 0.29) is 36.5 Å². The lowest BCUT2D eigenvalue weighted by Gasteiger charge is -2.04. The van der Waals surface area contributed by atoms with Gasteiger partial charge in [-0.3, -0.25) is 9.59 Å². The molecule has 0 heterocycles. The van der Waals surface area contributed by atoms with E-state index >= 15 is 0 Å². The van der Waals surface area contributed by atoms with Gasteiger partial charge in [0, 0.05) is 18.4 Å². The van der Waals surface area contributed by atoms with Gasteiger partial charge in [-0.05, 0) is 24.1 Å². The number of amides is 1. The maximum absolute atomic E-state index is 13.0. The average molecular weight is 251 g/mol. The van der Waals surface area contributed by atoms with Crippen molar-refractivity contribution in [3.63, 3.8) is 0 Å². The minimum atomic E-state index is -0.984. The van der Waals surface area contributed by atoms with Gasteiger partial charge in [0.05, 0.1) is 6.42 Å². The number of aliphatic carboxylic acids is 1. The third kappa shape index (κ3) is 3.29. The highest BCUT2D eigenvalue weighted by Crippen LogP contribution is 2.40. The summed E-state index contributed by atoms with van der Waals surface area (Å²) in [5, 5.41) is 11.2. The minimum Gasteiger partial charge on any atom is -0.481 e. The smallest absolute Gasteiger partial charge is 0.303 e. The van der Waals surface area contributed by atoms with Gasteiger partial charge in [0.2, 0.25) is 5.91 Å². The molecule has 1 amide bonds. The van der Waals surface area contributed by atoms with Crippen molar-refractivity contribution in [1.82, 2.24) is 5.32 Å². The first-order valence-corrected chi connectivity index (χ1v) is 5.83. The second-order valence-corrected chi connectivity index (χ2v) is 4.46. The molecule has 0 spiro atoms. The van der Waals surface area contributed by atoms with Gasteiger partial charge in [0.25, 0.3) is 0 Å². The predicted molar refractivity (Wildman–Crippen MR) is 62.6 cm³/mol. The van der Waals surface area contributed by atoms with Crippen molar-refractivity contribution in [2.45, 2.75) is 31.2 Å². The van der Waals surface area contributed by atoms with E-state index in [1.165, 1.54) is 12.1 Å². The SMILES string of the molecule is O=C(O)CCC(=O)N[C@@H]1C[C@H]1c1cccc(F)c1. The number of benzene rings is 1. The predicted octanol–water partition coefficient (Wildman–Crippen LogP) is 1.66. The van der Waals surface area contributed by atoms with Gasteiger partial charge in [0.1, 0.15) is 5.82 Å². The van der Waals surface area contributed by atoms with Gasteiger partial charge in [-0.2, -0.15) is 0 Å². The highest BCUT2D eigenvalue weighted by Gasteiger charge is 2.39. The molecule has 0 unspecified atom stereocenters. The molecule has 1 saturated carbocycles. The quantitative estimate of drug-likeness (QED) is 0.836. The third-order valence-electron chi connectivity index (χ3n) is 2.98. The van der Waals surface area contributed by atoms with Crippen LogP contribution in [-0.4, -0.2) is 23.0 Å². The zero-order chi connectivity index (χ0) is 13.1. The van der Waals surface area contributed by atoms with Gasteiger partial charge in [-0.15, -0.1) is 0 Å². The van der Waals surface area contributed by atoms with Crippen molar-refractivity contribution < 1.29 is 19.1 Å². The molecule has 4 nitrogen and oxygen atoms in total. The Hall–Kier alpha value is -1.91. The molecule has 1 aromatic rings. The molecule has 0 saturated heterocycles. The summed E-state index contributed by atoms with van der Waals surface area (Å²) in [6.07, 6.45) is 0.604. The zero-order valence-corrected chi connectivity index (χ0v) is 9.73. The Balaban J connectivity index is 1.81. The van der Waals surface area contributed by atoms with Crippen LogP contribution in [0.25, 0.3) is 0 Å². The van der Waals surface area contributed by atoms with Crippen molar-refractivity contribution >= 4 is 11.9 Å². The molecule has 0 bridgehead atoms. The second-order valence-electron chi connectivity index (χ2n) is 4.46. The summed E-state index contributed by atoms with van der Waals surface area (Å²) in [5.74, 6) is -1.38.